The summed E-state index contributed by atoms with van der Waals surface area (Å²) < 4.78 is 16.9. The molecule has 0 rings (SSSR count). The first-order valence-electron chi connectivity index (χ1n) is 34.4. The maximum absolute atomic E-state index is 12.9. The second-order valence-electron chi connectivity index (χ2n) is 22.7. The van der Waals surface area contributed by atoms with Gasteiger partial charge < -0.3 is 14.2 Å². The number of allylic oxidation sites excluding steroid dienone is 18. The molecule has 0 saturated carbocycles. The zero-order valence-electron chi connectivity index (χ0n) is 53.3. The summed E-state index contributed by atoms with van der Waals surface area (Å²) >= 11 is 0. The number of rotatable bonds is 62. The molecule has 0 aliphatic rings. The number of hydrogen-bond donors (Lipinski definition) is 0. The van der Waals surface area contributed by atoms with Crippen LogP contribution in [0.2, 0.25) is 0 Å². The molecular weight excluding hydrogens is 997 g/mol. The monoisotopic (exact) mass is 1120 g/mol. The van der Waals surface area contributed by atoms with Crippen molar-refractivity contribution in [1.82, 2.24) is 0 Å². The van der Waals surface area contributed by atoms with Gasteiger partial charge >= 0.3 is 17.9 Å². The van der Waals surface area contributed by atoms with Crippen LogP contribution in [0.15, 0.2) is 109 Å². The van der Waals surface area contributed by atoms with E-state index >= 15 is 0 Å². The highest BCUT2D eigenvalue weighted by Crippen LogP contribution is 2.18. The average molecular weight is 1130 g/mol. The van der Waals surface area contributed by atoms with Gasteiger partial charge in [-0.25, -0.2) is 0 Å². The maximum Gasteiger partial charge on any atom is 0.306 e. The molecule has 0 heterocycles. The first-order valence-corrected chi connectivity index (χ1v) is 34.4. The Morgan fingerprint density at radius 3 is 0.827 bits per heavy atom. The smallest absolute Gasteiger partial charge is 0.306 e. The van der Waals surface area contributed by atoms with E-state index in [1.165, 1.54) is 167 Å². The molecule has 6 nitrogen and oxygen atoms in total. The molecule has 0 aliphatic carbocycles. The second kappa shape index (κ2) is 68.6. The van der Waals surface area contributed by atoms with E-state index in [0.717, 1.165) is 116 Å². The third-order valence-corrected chi connectivity index (χ3v) is 14.8. The highest BCUT2D eigenvalue weighted by molar-refractivity contribution is 5.71. The summed E-state index contributed by atoms with van der Waals surface area (Å²) in [6, 6.07) is 0. The Bertz CT molecular complexity index is 1620. The molecule has 1 atom stereocenters. The van der Waals surface area contributed by atoms with Crippen LogP contribution in [-0.4, -0.2) is 37.2 Å². The molecule has 0 saturated heterocycles. The zero-order chi connectivity index (χ0) is 58.5. The van der Waals surface area contributed by atoms with Crippen LogP contribution in [0.25, 0.3) is 0 Å². The lowest BCUT2D eigenvalue weighted by Crippen LogP contribution is -2.30. The van der Waals surface area contributed by atoms with Crippen molar-refractivity contribution in [2.45, 2.75) is 335 Å². The van der Waals surface area contributed by atoms with Gasteiger partial charge in [-0.2, -0.15) is 0 Å². The molecule has 0 bridgehead atoms. The molecule has 0 aromatic heterocycles. The lowest BCUT2D eigenvalue weighted by atomic mass is 10.0. The average Bonchev–Trinajstić information content (AvgIpc) is 3.46. The summed E-state index contributed by atoms with van der Waals surface area (Å²) in [7, 11) is 0. The third-order valence-electron chi connectivity index (χ3n) is 14.8. The predicted octanol–water partition coefficient (Wildman–Crippen LogP) is 23.8. The molecule has 0 amide bonds. The summed E-state index contributed by atoms with van der Waals surface area (Å²) in [6.07, 6.45) is 94.3. The molecule has 0 aromatic carbocycles. The summed E-state index contributed by atoms with van der Waals surface area (Å²) in [6.45, 7) is 6.37. The topological polar surface area (TPSA) is 78.9 Å². The summed E-state index contributed by atoms with van der Waals surface area (Å²) in [5.74, 6) is -1.00. The summed E-state index contributed by atoms with van der Waals surface area (Å²) in [4.78, 5) is 38.3. The van der Waals surface area contributed by atoms with Crippen LogP contribution in [0.3, 0.4) is 0 Å². The molecule has 0 aromatic rings. The van der Waals surface area contributed by atoms with Gasteiger partial charge in [-0.05, 0) is 89.9 Å². The molecule has 1 unspecified atom stereocenters. The normalized spacial score (nSPS) is 12.8. The van der Waals surface area contributed by atoms with E-state index < -0.39 is 6.10 Å². The van der Waals surface area contributed by atoms with Crippen molar-refractivity contribution in [1.29, 1.82) is 0 Å². The van der Waals surface area contributed by atoms with Crippen molar-refractivity contribution in [3.05, 3.63) is 109 Å². The number of unbranched alkanes of at least 4 members (excludes halogenated alkanes) is 33. The zero-order valence-corrected chi connectivity index (χ0v) is 53.3. The number of hydrogen-bond acceptors (Lipinski definition) is 6. The Balaban J connectivity index is 4.29. The van der Waals surface area contributed by atoms with Gasteiger partial charge in [-0.1, -0.05) is 329 Å². The van der Waals surface area contributed by atoms with Crippen LogP contribution >= 0.6 is 0 Å². The maximum atomic E-state index is 12.9. The minimum Gasteiger partial charge on any atom is -0.462 e. The number of carbonyl (C=O) groups excluding carboxylic acids is 3. The van der Waals surface area contributed by atoms with Crippen molar-refractivity contribution < 1.29 is 28.6 Å². The minimum atomic E-state index is -0.820. The van der Waals surface area contributed by atoms with Gasteiger partial charge in [-0.15, -0.1) is 0 Å². The van der Waals surface area contributed by atoms with Crippen LogP contribution < -0.4 is 0 Å². The second-order valence-corrected chi connectivity index (χ2v) is 22.7. The van der Waals surface area contributed by atoms with E-state index in [0.29, 0.717) is 19.3 Å². The quantitative estimate of drug-likeness (QED) is 0.0261. The Morgan fingerprint density at radius 2 is 0.506 bits per heavy atom. The number of carbonyl (C=O) groups is 3. The third kappa shape index (κ3) is 66.8. The van der Waals surface area contributed by atoms with Crippen LogP contribution in [-0.2, 0) is 28.6 Å². The lowest BCUT2D eigenvalue weighted by molar-refractivity contribution is -0.166. The van der Waals surface area contributed by atoms with Gasteiger partial charge in [0.05, 0.1) is 0 Å². The molecule has 464 valence electrons. The van der Waals surface area contributed by atoms with Gasteiger partial charge in [0.1, 0.15) is 13.2 Å². The lowest BCUT2D eigenvalue weighted by Gasteiger charge is -2.18. The van der Waals surface area contributed by atoms with Crippen molar-refractivity contribution >= 4 is 17.9 Å². The van der Waals surface area contributed by atoms with Crippen molar-refractivity contribution in [3.63, 3.8) is 0 Å². The highest BCUT2D eigenvalue weighted by atomic mass is 16.6. The fourth-order valence-electron chi connectivity index (χ4n) is 9.72. The number of esters is 3. The van der Waals surface area contributed by atoms with Crippen molar-refractivity contribution in [2.75, 3.05) is 13.2 Å². The molecule has 6 heteroatoms. The largest absolute Gasteiger partial charge is 0.462 e. The van der Waals surface area contributed by atoms with Gasteiger partial charge in [0.25, 0.3) is 0 Å². The standard InChI is InChI=1S/C75H128O6/c1-4-7-10-13-16-19-22-25-27-29-31-33-34-35-36-37-38-39-40-42-43-45-47-50-53-56-59-62-65-68-74(77)80-71-72(70-79-73(76)67-64-61-58-55-52-49-24-21-18-15-12-9-6-3)81-75(78)69-66-63-60-57-54-51-48-46-44-41-32-30-28-26-23-20-17-14-11-8-5-2/h8-9,11-12,17-18,20-21,26,28,32,41,46,48-49,52,58,61,72H,4-7,10,13-16,19,22-25,27,29-31,33-40,42-45,47,50-51,53-57,59-60,62-71H2,1-3H3/b11-8-,12-9-,20-17-,21-18-,28-26-,41-32-,48-46-,52-49-,61-58-. The van der Waals surface area contributed by atoms with Crippen LogP contribution in [0.4, 0.5) is 0 Å². The molecule has 0 fully saturated rings. The van der Waals surface area contributed by atoms with E-state index in [4.69, 9.17) is 14.2 Å². The summed E-state index contributed by atoms with van der Waals surface area (Å²) in [5.41, 5.74) is 0. The molecular formula is C75H128O6. The first kappa shape index (κ1) is 77.1. The van der Waals surface area contributed by atoms with Crippen LogP contribution in [0.1, 0.15) is 329 Å². The van der Waals surface area contributed by atoms with Crippen LogP contribution in [0.5, 0.6) is 0 Å². The van der Waals surface area contributed by atoms with Gasteiger partial charge in [0.2, 0.25) is 0 Å². The van der Waals surface area contributed by atoms with Crippen molar-refractivity contribution in [3.8, 4) is 0 Å². The fourth-order valence-corrected chi connectivity index (χ4v) is 9.72. The summed E-state index contributed by atoms with van der Waals surface area (Å²) in [5, 5.41) is 0. The van der Waals surface area contributed by atoms with Gasteiger partial charge in [0.15, 0.2) is 6.10 Å². The molecule has 0 N–H and O–H groups in total. The van der Waals surface area contributed by atoms with Crippen molar-refractivity contribution in [2.24, 2.45) is 0 Å². The molecule has 0 spiro atoms. The fraction of sp³-hybridized carbons (Fsp3) is 0.720. The van der Waals surface area contributed by atoms with Gasteiger partial charge in [-0.3, -0.25) is 14.4 Å². The molecule has 81 heavy (non-hydrogen) atoms. The Morgan fingerprint density at radius 1 is 0.259 bits per heavy atom. The highest BCUT2D eigenvalue weighted by Gasteiger charge is 2.19. The minimum absolute atomic E-state index is 0.107. The first-order chi connectivity index (χ1) is 40.0. The Kier molecular flexibility index (Phi) is 65.2. The molecule has 0 radical (unpaired) electrons. The van der Waals surface area contributed by atoms with Gasteiger partial charge in [0, 0.05) is 19.3 Å². The van der Waals surface area contributed by atoms with E-state index in [-0.39, 0.29) is 37.5 Å². The van der Waals surface area contributed by atoms with E-state index in [1.54, 1.807) is 0 Å². The van der Waals surface area contributed by atoms with E-state index in [9.17, 15) is 14.4 Å². The van der Waals surface area contributed by atoms with Crippen LogP contribution in [0, 0.1) is 0 Å². The Hall–Kier alpha value is -3.93. The predicted molar refractivity (Wildman–Crippen MR) is 353 cm³/mol. The SMILES string of the molecule is CC/C=C\C/C=C\C/C=C\C/C=C\C/C=C\CCCCCCCC(=O)OC(COC(=O)CC/C=C\C/C=C\C/C=C\C/C=C\CC)COC(=O)CCCCCCCCCCCCCCCCCCCCCCCCCCCCCCC. The molecule has 0 aliphatic heterocycles. The van der Waals surface area contributed by atoms with E-state index in [2.05, 4.69) is 124 Å². The number of ether oxygens (including phenoxy) is 3. The Labute approximate surface area is 501 Å². The van der Waals surface area contributed by atoms with E-state index in [1.807, 2.05) is 6.08 Å².